The van der Waals surface area contributed by atoms with Crippen LogP contribution in [0.3, 0.4) is 0 Å². The minimum atomic E-state index is -0.193. The molecule has 3 rings (SSSR count). The van der Waals surface area contributed by atoms with E-state index in [1.807, 2.05) is 43.4 Å². The van der Waals surface area contributed by atoms with Gasteiger partial charge in [0.25, 0.3) is 0 Å². The maximum atomic E-state index is 14.0. The number of nitrogens with zero attached hydrogens (tertiary/aromatic N) is 1. The number of para-hydroxylation sites is 1. The summed E-state index contributed by atoms with van der Waals surface area (Å²) in [5, 5.41) is 3.01. The fraction of sp³-hybridized carbons (Fsp3) is 0.133. The molecule has 2 aromatic carbocycles. The molecule has 102 valence electrons. The third-order valence-corrected chi connectivity index (χ3v) is 5.00. The number of nitrogens with one attached hydrogen (secondary N) is 1. The number of hydrogen-bond donors (Lipinski definition) is 1. The number of halogens is 1. The van der Waals surface area contributed by atoms with Gasteiger partial charge in [-0.05, 0) is 36.9 Å². The first-order valence-electron chi connectivity index (χ1n) is 6.23. The summed E-state index contributed by atoms with van der Waals surface area (Å²) >= 11 is 2.97. The zero-order valence-corrected chi connectivity index (χ0v) is 12.5. The summed E-state index contributed by atoms with van der Waals surface area (Å²) in [4.78, 5) is 5.13. The zero-order valence-electron chi connectivity index (χ0n) is 10.9. The van der Waals surface area contributed by atoms with E-state index in [4.69, 9.17) is 0 Å². The van der Waals surface area contributed by atoms with Crippen LogP contribution in [0.25, 0.3) is 10.2 Å². The van der Waals surface area contributed by atoms with Gasteiger partial charge >= 0.3 is 0 Å². The van der Waals surface area contributed by atoms with Crippen molar-refractivity contribution in [3.63, 3.8) is 0 Å². The topological polar surface area (TPSA) is 24.9 Å². The Morgan fingerprint density at radius 1 is 1.25 bits per heavy atom. The highest BCUT2D eigenvalue weighted by molar-refractivity contribution is 8.01. The van der Waals surface area contributed by atoms with Gasteiger partial charge in [-0.3, -0.25) is 0 Å². The molecule has 0 unspecified atom stereocenters. The molecule has 0 saturated heterocycles. The second-order valence-electron chi connectivity index (χ2n) is 4.34. The lowest BCUT2D eigenvalue weighted by Gasteiger charge is -2.04. The van der Waals surface area contributed by atoms with E-state index in [0.717, 1.165) is 20.1 Å². The molecule has 0 saturated carbocycles. The van der Waals surface area contributed by atoms with Gasteiger partial charge in [0.15, 0.2) is 4.34 Å². The van der Waals surface area contributed by atoms with Gasteiger partial charge in [-0.15, -0.1) is 11.3 Å². The summed E-state index contributed by atoms with van der Waals surface area (Å²) in [5.74, 6) is -0.193. The van der Waals surface area contributed by atoms with Crippen molar-refractivity contribution in [2.24, 2.45) is 0 Å². The number of benzene rings is 2. The number of thiazole rings is 1. The van der Waals surface area contributed by atoms with E-state index in [2.05, 4.69) is 10.3 Å². The van der Waals surface area contributed by atoms with Crippen LogP contribution in [-0.2, 0) is 6.54 Å². The predicted molar refractivity (Wildman–Crippen MR) is 82.9 cm³/mol. The second kappa shape index (κ2) is 5.91. The minimum Gasteiger partial charge on any atom is -0.316 e. The van der Waals surface area contributed by atoms with Crippen LogP contribution in [0.4, 0.5) is 4.39 Å². The van der Waals surface area contributed by atoms with Crippen LogP contribution in [0, 0.1) is 5.82 Å². The van der Waals surface area contributed by atoms with Gasteiger partial charge in [0.2, 0.25) is 0 Å². The maximum absolute atomic E-state index is 14.0. The Kier molecular flexibility index (Phi) is 4.00. The fourth-order valence-corrected chi connectivity index (χ4v) is 3.96. The average Bonchev–Trinajstić information content (AvgIpc) is 2.84. The molecule has 0 spiro atoms. The lowest BCUT2D eigenvalue weighted by atomic mass is 10.2. The maximum Gasteiger partial charge on any atom is 0.156 e. The number of hydrogen-bond acceptors (Lipinski definition) is 4. The fourth-order valence-electron chi connectivity index (χ4n) is 1.93. The quantitative estimate of drug-likeness (QED) is 0.777. The normalized spacial score (nSPS) is 11.1. The standard InChI is InChI=1S/C15H13FN2S2/c1-17-9-10-6-7-13(11(16)8-10)19-15-18-12-4-2-3-5-14(12)20-15/h2-8,17H,9H2,1H3. The first-order valence-corrected chi connectivity index (χ1v) is 7.86. The molecule has 3 aromatic rings. The molecular weight excluding hydrogens is 291 g/mol. The zero-order chi connectivity index (χ0) is 13.9. The minimum absolute atomic E-state index is 0.193. The Morgan fingerprint density at radius 2 is 2.10 bits per heavy atom. The van der Waals surface area contributed by atoms with Crippen LogP contribution in [0.15, 0.2) is 51.7 Å². The summed E-state index contributed by atoms with van der Waals surface area (Å²) in [7, 11) is 1.85. The molecular formula is C15H13FN2S2. The third-order valence-electron chi connectivity index (χ3n) is 2.85. The Hall–Kier alpha value is -1.43. The molecule has 5 heteroatoms. The van der Waals surface area contributed by atoms with E-state index < -0.39 is 0 Å². The van der Waals surface area contributed by atoms with Crippen molar-refractivity contribution in [2.75, 3.05) is 7.05 Å². The highest BCUT2D eigenvalue weighted by atomic mass is 32.2. The van der Waals surface area contributed by atoms with Crippen molar-refractivity contribution >= 4 is 33.3 Å². The molecule has 0 fully saturated rings. The summed E-state index contributed by atoms with van der Waals surface area (Å²) in [6, 6.07) is 13.3. The van der Waals surface area contributed by atoms with Crippen molar-refractivity contribution < 1.29 is 4.39 Å². The van der Waals surface area contributed by atoms with Gasteiger partial charge in [-0.2, -0.15) is 0 Å². The van der Waals surface area contributed by atoms with Gasteiger partial charge < -0.3 is 5.32 Å². The highest BCUT2D eigenvalue weighted by Gasteiger charge is 2.09. The molecule has 0 aliphatic heterocycles. The lowest BCUT2D eigenvalue weighted by Crippen LogP contribution is -2.05. The van der Waals surface area contributed by atoms with Crippen molar-refractivity contribution in [3.8, 4) is 0 Å². The average molecular weight is 304 g/mol. The van der Waals surface area contributed by atoms with Crippen LogP contribution < -0.4 is 5.32 Å². The second-order valence-corrected chi connectivity index (χ2v) is 6.66. The van der Waals surface area contributed by atoms with Crippen molar-refractivity contribution in [1.82, 2.24) is 10.3 Å². The Morgan fingerprint density at radius 3 is 2.85 bits per heavy atom. The number of fused-ring (bicyclic) bond motifs is 1. The highest BCUT2D eigenvalue weighted by Crippen LogP contribution is 2.35. The van der Waals surface area contributed by atoms with E-state index >= 15 is 0 Å². The summed E-state index contributed by atoms with van der Waals surface area (Å²) in [6.45, 7) is 0.670. The molecule has 0 amide bonds. The number of rotatable bonds is 4. The van der Waals surface area contributed by atoms with E-state index in [1.165, 1.54) is 11.8 Å². The predicted octanol–water partition coefficient (Wildman–Crippen LogP) is 4.31. The molecule has 1 heterocycles. The van der Waals surface area contributed by atoms with Crippen LogP contribution >= 0.6 is 23.1 Å². The molecule has 2 nitrogen and oxygen atoms in total. The smallest absolute Gasteiger partial charge is 0.156 e. The largest absolute Gasteiger partial charge is 0.316 e. The Bertz CT molecular complexity index is 707. The third kappa shape index (κ3) is 2.85. The van der Waals surface area contributed by atoms with Crippen LogP contribution in [0.5, 0.6) is 0 Å². The summed E-state index contributed by atoms with van der Waals surface area (Å²) in [5.41, 5.74) is 1.91. The summed E-state index contributed by atoms with van der Waals surface area (Å²) in [6.07, 6.45) is 0. The molecule has 0 aliphatic rings. The van der Waals surface area contributed by atoms with E-state index in [-0.39, 0.29) is 5.82 Å². The van der Waals surface area contributed by atoms with Gasteiger partial charge in [0.1, 0.15) is 5.82 Å². The first-order chi connectivity index (χ1) is 9.76. The molecule has 0 radical (unpaired) electrons. The molecule has 0 atom stereocenters. The lowest BCUT2D eigenvalue weighted by molar-refractivity contribution is 0.598. The van der Waals surface area contributed by atoms with Gasteiger partial charge in [-0.1, -0.05) is 30.0 Å². The number of aromatic nitrogens is 1. The van der Waals surface area contributed by atoms with Gasteiger partial charge in [0, 0.05) is 6.54 Å². The Labute approximate surface area is 125 Å². The van der Waals surface area contributed by atoms with E-state index in [9.17, 15) is 4.39 Å². The van der Waals surface area contributed by atoms with E-state index in [1.54, 1.807) is 17.4 Å². The van der Waals surface area contributed by atoms with Crippen LogP contribution in [-0.4, -0.2) is 12.0 Å². The SMILES string of the molecule is CNCc1ccc(Sc2nc3ccccc3s2)c(F)c1. The van der Waals surface area contributed by atoms with E-state index in [0.29, 0.717) is 11.4 Å². The monoisotopic (exact) mass is 304 g/mol. The molecule has 0 bridgehead atoms. The van der Waals surface area contributed by atoms with Gasteiger partial charge in [-0.25, -0.2) is 9.37 Å². The molecule has 1 aromatic heterocycles. The molecule has 20 heavy (non-hydrogen) atoms. The molecule has 1 N–H and O–H groups in total. The summed E-state index contributed by atoms with van der Waals surface area (Å²) < 4.78 is 16.0. The van der Waals surface area contributed by atoms with Crippen molar-refractivity contribution in [1.29, 1.82) is 0 Å². The Balaban J connectivity index is 1.86. The van der Waals surface area contributed by atoms with Crippen LogP contribution in [0.2, 0.25) is 0 Å². The first kappa shape index (κ1) is 13.5. The molecule has 0 aliphatic carbocycles. The van der Waals surface area contributed by atoms with Crippen molar-refractivity contribution in [2.45, 2.75) is 15.8 Å². The van der Waals surface area contributed by atoms with Crippen LogP contribution in [0.1, 0.15) is 5.56 Å². The van der Waals surface area contributed by atoms with Crippen molar-refractivity contribution in [3.05, 3.63) is 53.8 Å². The van der Waals surface area contributed by atoms with Gasteiger partial charge in [0.05, 0.1) is 15.1 Å².